The summed E-state index contributed by atoms with van der Waals surface area (Å²) in [5, 5.41) is 9.53. The quantitative estimate of drug-likeness (QED) is 0.782. The summed E-state index contributed by atoms with van der Waals surface area (Å²) in [6, 6.07) is 7.91. The maximum absolute atomic E-state index is 9.53. The highest BCUT2D eigenvalue weighted by Crippen LogP contribution is 2.19. The summed E-state index contributed by atoms with van der Waals surface area (Å²) in [4.78, 5) is 2.26. The van der Waals surface area contributed by atoms with Crippen molar-refractivity contribution in [3.63, 3.8) is 0 Å². The van der Waals surface area contributed by atoms with Crippen LogP contribution in [0, 0.1) is 0 Å². The molecule has 0 aliphatic carbocycles. The zero-order chi connectivity index (χ0) is 11.3. The lowest BCUT2D eigenvalue weighted by Gasteiger charge is -2.21. The number of aliphatic hydroxyl groups is 1. The second kappa shape index (κ2) is 5.99. The summed E-state index contributed by atoms with van der Waals surface area (Å²) in [7, 11) is 0. The summed E-state index contributed by atoms with van der Waals surface area (Å²) in [6.07, 6.45) is -0.558. The zero-order valence-corrected chi connectivity index (χ0v) is 10.0. The van der Waals surface area contributed by atoms with E-state index in [4.69, 9.17) is 11.6 Å². The van der Waals surface area contributed by atoms with Crippen molar-refractivity contribution in [3.05, 3.63) is 29.8 Å². The van der Waals surface area contributed by atoms with Gasteiger partial charge < -0.3 is 10.0 Å². The molecule has 0 spiro atoms. The summed E-state index contributed by atoms with van der Waals surface area (Å²) in [5.74, 6) is 0.241. The van der Waals surface area contributed by atoms with Crippen LogP contribution in [0.15, 0.2) is 24.3 Å². The Morgan fingerprint density at radius 3 is 2.13 bits per heavy atom. The van der Waals surface area contributed by atoms with Gasteiger partial charge in [0.15, 0.2) is 0 Å². The van der Waals surface area contributed by atoms with Crippen LogP contribution in [-0.2, 0) is 0 Å². The van der Waals surface area contributed by atoms with Crippen LogP contribution >= 0.6 is 11.6 Å². The number of hydrogen-bond donors (Lipinski definition) is 1. The molecule has 0 aromatic heterocycles. The van der Waals surface area contributed by atoms with E-state index in [9.17, 15) is 5.11 Å². The van der Waals surface area contributed by atoms with E-state index in [0.717, 1.165) is 18.7 Å². The minimum absolute atomic E-state index is 0.241. The van der Waals surface area contributed by atoms with Gasteiger partial charge >= 0.3 is 0 Å². The summed E-state index contributed by atoms with van der Waals surface area (Å²) in [5.41, 5.74) is 2.06. The Kier molecular flexibility index (Phi) is 4.92. The van der Waals surface area contributed by atoms with Crippen molar-refractivity contribution >= 4 is 17.3 Å². The second-order valence-corrected chi connectivity index (χ2v) is 3.74. The predicted octanol–water partition coefficient (Wildman–Crippen LogP) is 2.81. The molecule has 3 heteroatoms. The summed E-state index contributed by atoms with van der Waals surface area (Å²) >= 11 is 5.58. The van der Waals surface area contributed by atoms with Crippen LogP contribution < -0.4 is 4.90 Å². The van der Waals surface area contributed by atoms with Gasteiger partial charge in [0.1, 0.15) is 0 Å². The first-order valence-corrected chi connectivity index (χ1v) is 5.85. The van der Waals surface area contributed by atoms with Crippen LogP contribution in [-0.4, -0.2) is 24.1 Å². The number of halogens is 1. The number of rotatable bonds is 5. The molecule has 0 saturated heterocycles. The highest BCUT2D eigenvalue weighted by atomic mass is 35.5. The smallest absolute Gasteiger partial charge is 0.0925 e. The number of anilines is 1. The number of hydrogen-bond acceptors (Lipinski definition) is 2. The van der Waals surface area contributed by atoms with E-state index in [1.807, 2.05) is 24.3 Å². The van der Waals surface area contributed by atoms with Crippen LogP contribution in [0.25, 0.3) is 0 Å². The fraction of sp³-hybridized carbons (Fsp3) is 0.500. The van der Waals surface area contributed by atoms with Crippen molar-refractivity contribution in [1.82, 2.24) is 0 Å². The lowest BCUT2D eigenvalue weighted by molar-refractivity contribution is 0.202. The predicted molar refractivity (Wildman–Crippen MR) is 65.7 cm³/mol. The second-order valence-electron chi connectivity index (χ2n) is 3.43. The minimum atomic E-state index is -0.558. The number of alkyl halides is 1. The van der Waals surface area contributed by atoms with Gasteiger partial charge in [-0.1, -0.05) is 12.1 Å². The molecule has 0 heterocycles. The molecule has 84 valence electrons. The van der Waals surface area contributed by atoms with Gasteiger partial charge in [0, 0.05) is 18.8 Å². The zero-order valence-electron chi connectivity index (χ0n) is 9.28. The molecular formula is C12H18ClNO. The van der Waals surface area contributed by atoms with E-state index >= 15 is 0 Å². The third-order valence-electron chi connectivity index (χ3n) is 2.55. The molecule has 0 aliphatic heterocycles. The van der Waals surface area contributed by atoms with Gasteiger partial charge in [0.05, 0.1) is 12.0 Å². The maximum atomic E-state index is 9.53. The molecule has 1 atom stereocenters. The summed E-state index contributed by atoms with van der Waals surface area (Å²) < 4.78 is 0. The first kappa shape index (κ1) is 12.3. The standard InChI is InChI=1S/C12H18ClNO/c1-3-14(4-2)11-7-5-10(6-8-11)12(15)9-13/h5-8,12,15H,3-4,9H2,1-2H3. The van der Waals surface area contributed by atoms with Crippen LogP contribution in [0.2, 0.25) is 0 Å². The van der Waals surface area contributed by atoms with Crippen molar-refractivity contribution < 1.29 is 5.11 Å². The average Bonchev–Trinajstić information content (AvgIpc) is 2.30. The Hall–Kier alpha value is -0.730. The normalized spacial score (nSPS) is 12.5. The molecule has 0 radical (unpaired) electrons. The first-order valence-electron chi connectivity index (χ1n) is 5.31. The topological polar surface area (TPSA) is 23.5 Å². The van der Waals surface area contributed by atoms with Crippen molar-refractivity contribution in [2.75, 3.05) is 23.9 Å². The monoisotopic (exact) mass is 227 g/mol. The molecule has 0 fully saturated rings. The number of nitrogens with zero attached hydrogens (tertiary/aromatic N) is 1. The number of aliphatic hydroxyl groups excluding tert-OH is 1. The van der Waals surface area contributed by atoms with E-state index in [-0.39, 0.29) is 5.88 Å². The Morgan fingerprint density at radius 2 is 1.73 bits per heavy atom. The van der Waals surface area contributed by atoms with Gasteiger partial charge in [0.25, 0.3) is 0 Å². The van der Waals surface area contributed by atoms with E-state index in [2.05, 4.69) is 18.7 Å². The Bertz CT molecular complexity index is 282. The molecule has 0 saturated carbocycles. The minimum Gasteiger partial charge on any atom is -0.387 e. The fourth-order valence-electron chi connectivity index (χ4n) is 1.59. The molecule has 1 unspecified atom stereocenters. The van der Waals surface area contributed by atoms with Crippen LogP contribution in [0.5, 0.6) is 0 Å². The summed E-state index contributed by atoms with van der Waals surface area (Å²) in [6.45, 7) is 6.25. The Balaban J connectivity index is 2.79. The third-order valence-corrected chi connectivity index (χ3v) is 2.84. The molecule has 2 nitrogen and oxygen atoms in total. The van der Waals surface area contributed by atoms with Gasteiger partial charge in [-0.25, -0.2) is 0 Å². The molecule has 1 rings (SSSR count). The lowest BCUT2D eigenvalue weighted by atomic mass is 10.1. The van der Waals surface area contributed by atoms with Crippen molar-refractivity contribution in [3.8, 4) is 0 Å². The molecule has 0 amide bonds. The molecule has 1 N–H and O–H groups in total. The number of benzene rings is 1. The Labute approximate surface area is 96.5 Å². The van der Waals surface area contributed by atoms with Crippen LogP contribution in [0.1, 0.15) is 25.5 Å². The van der Waals surface area contributed by atoms with E-state index < -0.39 is 6.10 Å². The van der Waals surface area contributed by atoms with Crippen molar-refractivity contribution in [1.29, 1.82) is 0 Å². The molecule has 1 aromatic carbocycles. The van der Waals surface area contributed by atoms with E-state index in [1.54, 1.807) is 0 Å². The largest absolute Gasteiger partial charge is 0.387 e. The highest BCUT2D eigenvalue weighted by molar-refractivity contribution is 6.18. The Morgan fingerprint density at radius 1 is 1.20 bits per heavy atom. The fourth-order valence-corrected chi connectivity index (χ4v) is 1.76. The average molecular weight is 228 g/mol. The van der Waals surface area contributed by atoms with Gasteiger partial charge in [-0.15, -0.1) is 11.6 Å². The van der Waals surface area contributed by atoms with Crippen molar-refractivity contribution in [2.45, 2.75) is 20.0 Å². The van der Waals surface area contributed by atoms with Gasteiger partial charge in [0.2, 0.25) is 0 Å². The van der Waals surface area contributed by atoms with E-state index in [1.165, 1.54) is 5.69 Å². The highest BCUT2D eigenvalue weighted by Gasteiger charge is 2.06. The van der Waals surface area contributed by atoms with Crippen LogP contribution in [0.4, 0.5) is 5.69 Å². The first-order chi connectivity index (χ1) is 7.22. The SMILES string of the molecule is CCN(CC)c1ccc(C(O)CCl)cc1. The van der Waals surface area contributed by atoms with Gasteiger partial charge in [-0.2, -0.15) is 0 Å². The maximum Gasteiger partial charge on any atom is 0.0925 e. The molecule has 15 heavy (non-hydrogen) atoms. The van der Waals surface area contributed by atoms with E-state index in [0.29, 0.717) is 0 Å². The molecule has 0 aliphatic rings. The van der Waals surface area contributed by atoms with Gasteiger partial charge in [-0.3, -0.25) is 0 Å². The van der Waals surface area contributed by atoms with Crippen molar-refractivity contribution in [2.24, 2.45) is 0 Å². The van der Waals surface area contributed by atoms with Crippen LogP contribution in [0.3, 0.4) is 0 Å². The molecular weight excluding hydrogens is 210 g/mol. The molecule has 1 aromatic rings. The third kappa shape index (κ3) is 3.11. The molecule has 0 bridgehead atoms. The lowest BCUT2D eigenvalue weighted by Crippen LogP contribution is -2.21. The van der Waals surface area contributed by atoms with Gasteiger partial charge in [-0.05, 0) is 31.5 Å².